The van der Waals surface area contributed by atoms with Crippen molar-refractivity contribution < 1.29 is 4.79 Å². The molecule has 2 nitrogen and oxygen atoms in total. The Morgan fingerprint density at radius 1 is 1.24 bits per heavy atom. The van der Waals surface area contributed by atoms with E-state index < -0.39 is 0 Å². The van der Waals surface area contributed by atoms with Gasteiger partial charge < -0.3 is 0 Å². The largest absolute Gasteiger partial charge is 0.300 e. The van der Waals surface area contributed by atoms with E-state index in [-0.39, 0.29) is 0 Å². The average Bonchev–Trinajstić information content (AvgIpc) is 3.10. The molecule has 0 radical (unpaired) electrons. The normalized spacial score (nSPS) is 33.7. The van der Waals surface area contributed by atoms with Crippen molar-refractivity contribution in [3.05, 3.63) is 35.9 Å². The fourth-order valence-electron chi connectivity index (χ4n) is 3.12. The Morgan fingerprint density at radius 3 is 2.71 bits per heavy atom. The number of piperidine rings is 1. The van der Waals surface area contributed by atoms with Gasteiger partial charge in [-0.25, -0.2) is 0 Å². The molecule has 1 aromatic carbocycles. The van der Waals surface area contributed by atoms with Gasteiger partial charge in [-0.1, -0.05) is 30.3 Å². The molecule has 2 fully saturated rings. The smallest absolute Gasteiger partial charge is 0.135 e. The molecule has 1 aliphatic carbocycles. The van der Waals surface area contributed by atoms with Gasteiger partial charge in [0.25, 0.3) is 0 Å². The molecule has 0 aromatic heterocycles. The maximum Gasteiger partial charge on any atom is 0.135 e. The average molecular weight is 229 g/mol. The summed E-state index contributed by atoms with van der Waals surface area (Å²) in [4.78, 5) is 13.9. The first-order valence-electron chi connectivity index (χ1n) is 6.58. The van der Waals surface area contributed by atoms with Crippen molar-refractivity contribution in [1.82, 2.24) is 4.90 Å². The van der Waals surface area contributed by atoms with Crippen molar-refractivity contribution in [2.75, 3.05) is 6.54 Å². The topological polar surface area (TPSA) is 20.3 Å². The van der Waals surface area contributed by atoms with Crippen LogP contribution in [0.1, 0.15) is 37.7 Å². The molecule has 1 saturated heterocycles. The Balaban J connectivity index is 1.67. The first-order chi connectivity index (χ1) is 8.25. The van der Waals surface area contributed by atoms with Crippen LogP contribution < -0.4 is 0 Å². The summed E-state index contributed by atoms with van der Waals surface area (Å²) in [6.07, 6.45) is 2.77. The standard InChI is InChI=1S/C15H19NO/c1-11-9-13(17)7-8-16(11)15-10-14(15)12-5-3-2-4-6-12/h2-6,11,14-15H,7-10H2,1H3. The lowest BCUT2D eigenvalue weighted by Gasteiger charge is -2.33. The molecular formula is C15H19NO. The van der Waals surface area contributed by atoms with Crippen molar-refractivity contribution in [1.29, 1.82) is 0 Å². The fraction of sp³-hybridized carbons (Fsp3) is 0.533. The highest BCUT2D eigenvalue weighted by atomic mass is 16.1. The number of likely N-dealkylation sites (tertiary alicyclic amines) is 1. The lowest BCUT2D eigenvalue weighted by Crippen LogP contribution is -2.42. The van der Waals surface area contributed by atoms with Gasteiger partial charge in [-0.2, -0.15) is 0 Å². The third-order valence-corrected chi connectivity index (χ3v) is 4.15. The van der Waals surface area contributed by atoms with Crippen LogP contribution in [0.3, 0.4) is 0 Å². The van der Waals surface area contributed by atoms with E-state index in [0.717, 1.165) is 19.4 Å². The summed E-state index contributed by atoms with van der Waals surface area (Å²) in [6, 6.07) is 11.9. The Bertz CT molecular complexity index is 414. The highest BCUT2D eigenvalue weighted by Crippen LogP contribution is 2.46. The van der Waals surface area contributed by atoms with Gasteiger partial charge in [-0.3, -0.25) is 9.69 Å². The molecule has 17 heavy (non-hydrogen) atoms. The second-order valence-electron chi connectivity index (χ2n) is 5.40. The lowest BCUT2D eigenvalue weighted by atomic mass is 10.0. The monoisotopic (exact) mass is 229 g/mol. The maximum absolute atomic E-state index is 11.4. The number of rotatable bonds is 2. The third kappa shape index (κ3) is 2.14. The summed E-state index contributed by atoms with van der Waals surface area (Å²) >= 11 is 0. The van der Waals surface area contributed by atoms with E-state index in [1.807, 2.05) is 0 Å². The molecule has 0 bridgehead atoms. The molecule has 1 aliphatic heterocycles. The first-order valence-corrected chi connectivity index (χ1v) is 6.58. The molecule has 0 amide bonds. The minimum absolute atomic E-state index is 0.436. The van der Waals surface area contributed by atoms with Crippen LogP contribution in [0.15, 0.2) is 30.3 Å². The number of Topliss-reactive ketones (excluding diaryl/α,β-unsaturated/α-hetero) is 1. The predicted molar refractivity (Wildman–Crippen MR) is 68.0 cm³/mol. The van der Waals surface area contributed by atoms with Crippen LogP contribution in [0, 0.1) is 0 Å². The lowest BCUT2D eigenvalue weighted by molar-refractivity contribution is -0.123. The molecule has 1 heterocycles. The zero-order valence-corrected chi connectivity index (χ0v) is 10.3. The van der Waals surface area contributed by atoms with Crippen LogP contribution in [-0.4, -0.2) is 29.3 Å². The van der Waals surface area contributed by atoms with Crippen LogP contribution in [0.25, 0.3) is 0 Å². The maximum atomic E-state index is 11.4. The van der Waals surface area contributed by atoms with E-state index in [4.69, 9.17) is 0 Å². The van der Waals surface area contributed by atoms with Gasteiger partial charge in [0.15, 0.2) is 0 Å². The van der Waals surface area contributed by atoms with Crippen LogP contribution in [0.4, 0.5) is 0 Å². The Kier molecular flexibility index (Phi) is 2.75. The molecule has 0 spiro atoms. The van der Waals surface area contributed by atoms with Crippen LogP contribution in [-0.2, 0) is 4.79 Å². The Labute approximate surface area is 103 Å². The number of ketones is 1. The van der Waals surface area contributed by atoms with Crippen molar-refractivity contribution in [3.8, 4) is 0 Å². The third-order valence-electron chi connectivity index (χ3n) is 4.15. The van der Waals surface area contributed by atoms with Crippen molar-refractivity contribution in [3.63, 3.8) is 0 Å². The van der Waals surface area contributed by atoms with Gasteiger partial charge in [0.05, 0.1) is 0 Å². The van der Waals surface area contributed by atoms with Gasteiger partial charge in [-0.15, -0.1) is 0 Å². The first kappa shape index (κ1) is 11.0. The number of hydrogen-bond acceptors (Lipinski definition) is 2. The minimum atomic E-state index is 0.436. The molecule has 90 valence electrons. The summed E-state index contributed by atoms with van der Waals surface area (Å²) < 4.78 is 0. The molecule has 3 rings (SSSR count). The summed E-state index contributed by atoms with van der Waals surface area (Å²) in [6.45, 7) is 3.16. The highest BCUT2D eigenvalue weighted by Gasteiger charge is 2.45. The number of nitrogens with zero attached hydrogens (tertiary/aromatic N) is 1. The Morgan fingerprint density at radius 2 is 2.00 bits per heavy atom. The van der Waals surface area contributed by atoms with E-state index in [1.165, 1.54) is 12.0 Å². The molecular weight excluding hydrogens is 210 g/mol. The molecule has 3 atom stereocenters. The number of hydrogen-bond donors (Lipinski definition) is 0. The summed E-state index contributed by atoms with van der Waals surface area (Å²) in [5, 5.41) is 0. The van der Waals surface area contributed by atoms with Gasteiger partial charge in [-0.05, 0) is 18.9 Å². The van der Waals surface area contributed by atoms with Gasteiger partial charge in [0.2, 0.25) is 0 Å². The second kappa shape index (κ2) is 4.26. The zero-order chi connectivity index (χ0) is 11.8. The summed E-state index contributed by atoms with van der Waals surface area (Å²) in [7, 11) is 0. The van der Waals surface area contributed by atoms with E-state index >= 15 is 0 Å². The van der Waals surface area contributed by atoms with Gasteiger partial charge in [0.1, 0.15) is 5.78 Å². The highest BCUT2D eigenvalue weighted by molar-refractivity contribution is 5.80. The van der Waals surface area contributed by atoms with E-state index in [9.17, 15) is 4.79 Å². The van der Waals surface area contributed by atoms with Crippen molar-refractivity contribution in [2.24, 2.45) is 0 Å². The quantitative estimate of drug-likeness (QED) is 0.777. The number of benzene rings is 1. The Hall–Kier alpha value is -1.15. The van der Waals surface area contributed by atoms with E-state index in [2.05, 4.69) is 42.2 Å². The molecule has 3 unspecified atom stereocenters. The van der Waals surface area contributed by atoms with Crippen molar-refractivity contribution >= 4 is 5.78 Å². The van der Waals surface area contributed by atoms with Gasteiger partial charge in [0, 0.05) is 37.4 Å². The van der Waals surface area contributed by atoms with E-state index in [0.29, 0.717) is 23.8 Å². The predicted octanol–water partition coefficient (Wildman–Crippen LogP) is 2.60. The molecule has 2 heteroatoms. The molecule has 2 aliphatic rings. The fourth-order valence-corrected chi connectivity index (χ4v) is 3.12. The minimum Gasteiger partial charge on any atom is -0.300 e. The molecule has 1 saturated carbocycles. The van der Waals surface area contributed by atoms with Crippen molar-refractivity contribution in [2.45, 2.75) is 44.2 Å². The number of carbonyl (C=O) groups is 1. The summed E-state index contributed by atoms with van der Waals surface area (Å²) in [5.74, 6) is 1.14. The second-order valence-corrected chi connectivity index (χ2v) is 5.40. The van der Waals surface area contributed by atoms with E-state index in [1.54, 1.807) is 0 Å². The van der Waals surface area contributed by atoms with Crippen LogP contribution >= 0.6 is 0 Å². The molecule has 0 N–H and O–H groups in total. The SMILES string of the molecule is CC1CC(=O)CCN1C1CC1c1ccccc1. The number of carbonyl (C=O) groups excluding carboxylic acids is 1. The molecule has 1 aromatic rings. The summed E-state index contributed by atoms with van der Waals surface area (Å²) in [5.41, 5.74) is 1.46. The van der Waals surface area contributed by atoms with Crippen LogP contribution in [0.2, 0.25) is 0 Å². The van der Waals surface area contributed by atoms with Gasteiger partial charge >= 0.3 is 0 Å². The zero-order valence-electron chi connectivity index (χ0n) is 10.3. The van der Waals surface area contributed by atoms with Crippen LogP contribution in [0.5, 0.6) is 0 Å².